The predicted molar refractivity (Wildman–Crippen MR) is 62.8 cm³/mol. The first-order valence-corrected chi connectivity index (χ1v) is 6.36. The Kier molecular flexibility index (Phi) is 3.64. The van der Waals surface area contributed by atoms with Gasteiger partial charge in [-0.3, -0.25) is 4.79 Å². The van der Waals surface area contributed by atoms with Crippen LogP contribution in [0.5, 0.6) is 0 Å². The summed E-state index contributed by atoms with van der Waals surface area (Å²) in [6.45, 7) is 1.14. The molecule has 0 unspecified atom stereocenters. The lowest BCUT2D eigenvalue weighted by Gasteiger charge is -2.35. The van der Waals surface area contributed by atoms with Crippen molar-refractivity contribution in [2.75, 3.05) is 13.2 Å². The first-order chi connectivity index (χ1) is 7.78. The van der Waals surface area contributed by atoms with Crippen molar-refractivity contribution in [2.45, 2.75) is 44.9 Å². The van der Waals surface area contributed by atoms with Crippen LogP contribution in [-0.4, -0.2) is 18.9 Å². The maximum Gasteiger partial charge on any atom is 0.204 e. The topological polar surface area (TPSA) is 52.3 Å². The van der Waals surface area contributed by atoms with E-state index in [1.165, 1.54) is 6.42 Å². The maximum atomic E-state index is 12.4. The molecular formula is C13H21NO2. The first-order valence-electron chi connectivity index (χ1n) is 6.36. The Labute approximate surface area is 97.0 Å². The van der Waals surface area contributed by atoms with Gasteiger partial charge >= 0.3 is 0 Å². The Hall–Kier alpha value is -0.830. The van der Waals surface area contributed by atoms with Crippen LogP contribution >= 0.6 is 0 Å². The molecule has 1 fully saturated rings. The van der Waals surface area contributed by atoms with Crippen molar-refractivity contribution in [2.24, 2.45) is 11.1 Å². The maximum absolute atomic E-state index is 12.4. The summed E-state index contributed by atoms with van der Waals surface area (Å²) in [6.07, 6.45) is 9.26. The van der Waals surface area contributed by atoms with Gasteiger partial charge in [0, 0.05) is 12.0 Å². The summed E-state index contributed by atoms with van der Waals surface area (Å²) >= 11 is 0. The fourth-order valence-electron chi connectivity index (χ4n) is 2.73. The molecule has 0 aromatic carbocycles. The zero-order valence-corrected chi connectivity index (χ0v) is 9.84. The Balaban J connectivity index is 2.13. The minimum atomic E-state index is -0.318. The molecule has 0 aromatic rings. The third kappa shape index (κ3) is 2.14. The molecule has 1 aliphatic heterocycles. The molecule has 0 bridgehead atoms. The van der Waals surface area contributed by atoms with Gasteiger partial charge in [0.1, 0.15) is 0 Å². The number of carbonyl (C=O) groups is 1. The first kappa shape index (κ1) is 11.6. The molecule has 1 heterocycles. The van der Waals surface area contributed by atoms with E-state index in [1.54, 1.807) is 0 Å². The molecule has 16 heavy (non-hydrogen) atoms. The zero-order valence-electron chi connectivity index (χ0n) is 9.84. The molecular weight excluding hydrogens is 202 g/mol. The molecule has 1 aliphatic carbocycles. The van der Waals surface area contributed by atoms with Crippen molar-refractivity contribution >= 4 is 5.78 Å². The van der Waals surface area contributed by atoms with Crippen LogP contribution < -0.4 is 5.73 Å². The van der Waals surface area contributed by atoms with E-state index in [9.17, 15) is 4.79 Å². The van der Waals surface area contributed by atoms with Crippen molar-refractivity contribution in [3.05, 3.63) is 11.8 Å². The number of ether oxygens (including phenoxy) is 1. The van der Waals surface area contributed by atoms with E-state index in [-0.39, 0.29) is 11.2 Å². The van der Waals surface area contributed by atoms with Gasteiger partial charge in [-0.25, -0.2) is 0 Å². The highest BCUT2D eigenvalue weighted by Crippen LogP contribution is 2.38. The van der Waals surface area contributed by atoms with E-state index < -0.39 is 0 Å². The van der Waals surface area contributed by atoms with Gasteiger partial charge in [0.25, 0.3) is 0 Å². The summed E-state index contributed by atoms with van der Waals surface area (Å²) in [5.74, 6) is 0.744. The van der Waals surface area contributed by atoms with Gasteiger partial charge in [-0.2, -0.15) is 0 Å². The molecule has 0 saturated heterocycles. The van der Waals surface area contributed by atoms with Gasteiger partial charge in [-0.05, 0) is 31.8 Å². The van der Waals surface area contributed by atoms with Crippen LogP contribution in [0, 0.1) is 5.41 Å². The van der Waals surface area contributed by atoms with E-state index in [4.69, 9.17) is 10.5 Å². The van der Waals surface area contributed by atoms with E-state index in [1.807, 2.05) is 6.08 Å². The average molecular weight is 223 g/mol. The largest absolute Gasteiger partial charge is 0.490 e. The highest BCUT2D eigenvalue weighted by Gasteiger charge is 2.40. The lowest BCUT2D eigenvalue weighted by molar-refractivity contribution is -0.130. The van der Waals surface area contributed by atoms with Gasteiger partial charge in [0.15, 0.2) is 5.76 Å². The third-order valence-electron chi connectivity index (χ3n) is 3.84. The zero-order chi connectivity index (χ0) is 11.4. The lowest BCUT2D eigenvalue weighted by atomic mass is 9.70. The van der Waals surface area contributed by atoms with Crippen molar-refractivity contribution in [3.63, 3.8) is 0 Å². The summed E-state index contributed by atoms with van der Waals surface area (Å²) in [5.41, 5.74) is 5.52. The van der Waals surface area contributed by atoms with Crippen molar-refractivity contribution in [1.29, 1.82) is 0 Å². The lowest BCUT2D eigenvalue weighted by Crippen LogP contribution is -2.41. The highest BCUT2D eigenvalue weighted by molar-refractivity contribution is 5.98. The second kappa shape index (κ2) is 5.00. The number of hydrogen-bond acceptors (Lipinski definition) is 3. The summed E-state index contributed by atoms with van der Waals surface area (Å²) in [6, 6.07) is 0. The van der Waals surface area contributed by atoms with Crippen LogP contribution in [-0.2, 0) is 9.53 Å². The van der Waals surface area contributed by atoms with Crippen LogP contribution in [0.1, 0.15) is 44.9 Å². The van der Waals surface area contributed by atoms with Crippen molar-refractivity contribution in [1.82, 2.24) is 0 Å². The molecule has 2 aliphatic rings. The van der Waals surface area contributed by atoms with Crippen molar-refractivity contribution in [3.8, 4) is 0 Å². The Morgan fingerprint density at radius 1 is 1.31 bits per heavy atom. The third-order valence-corrected chi connectivity index (χ3v) is 3.84. The monoisotopic (exact) mass is 223 g/mol. The number of allylic oxidation sites excluding steroid dienone is 2. The number of rotatable bonds is 3. The van der Waals surface area contributed by atoms with Crippen LogP contribution in [0.2, 0.25) is 0 Å². The van der Waals surface area contributed by atoms with Crippen LogP contribution in [0.3, 0.4) is 0 Å². The van der Waals surface area contributed by atoms with E-state index >= 15 is 0 Å². The van der Waals surface area contributed by atoms with E-state index in [2.05, 4.69) is 0 Å². The molecule has 3 heteroatoms. The van der Waals surface area contributed by atoms with Gasteiger partial charge in [-0.1, -0.05) is 19.3 Å². The molecule has 0 atom stereocenters. The van der Waals surface area contributed by atoms with Gasteiger partial charge in [-0.15, -0.1) is 0 Å². The quantitative estimate of drug-likeness (QED) is 0.797. The standard InChI is InChI=1S/C13H21NO2/c14-10-13(7-3-1-4-8-13)12(15)11-6-2-5-9-16-11/h6H,1-5,7-10,14H2. The predicted octanol–water partition coefficient (Wildman–Crippen LogP) is 2.16. The van der Waals surface area contributed by atoms with Crippen LogP contribution in [0.4, 0.5) is 0 Å². The van der Waals surface area contributed by atoms with Gasteiger partial charge in [0.05, 0.1) is 6.61 Å². The molecule has 0 aromatic heterocycles. The number of ketones is 1. The minimum absolute atomic E-state index is 0.161. The van der Waals surface area contributed by atoms with E-state index in [0.29, 0.717) is 18.9 Å². The molecule has 0 radical (unpaired) electrons. The Bertz CT molecular complexity index is 290. The van der Waals surface area contributed by atoms with Gasteiger partial charge in [0.2, 0.25) is 5.78 Å². The number of nitrogens with two attached hydrogens (primary N) is 1. The molecule has 90 valence electrons. The molecule has 2 rings (SSSR count). The summed E-state index contributed by atoms with van der Waals surface area (Å²) < 4.78 is 5.48. The SMILES string of the molecule is NCC1(C(=O)C2=CCCCO2)CCCCC1. The smallest absolute Gasteiger partial charge is 0.204 e. The molecule has 1 saturated carbocycles. The van der Waals surface area contributed by atoms with E-state index in [0.717, 1.165) is 38.5 Å². The number of hydrogen-bond donors (Lipinski definition) is 1. The number of carbonyl (C=O) groups excluding carboxylic acids is 1. The number of Topliss-reactive ketones (excluding diaryl/α,β-unsaturated/α-hetero) is 1. The average Bonchev–Trinajstić information content (AvgIpc) is 2.39. The fourth-order valence-corrected chi connectivity index (χ4v) is 2.73. The molecule has 3 nitrogen and oxygen atoms in total. The Morgan fingerprint density at radius 3 is 2.62 bits per heavy atom. The van der Waals surface area contributed by atoms with Gasteiger partial charge < -0.3 is 10.5 Å². The molecule has 2 N–H and O–H groups in total. The second-order valence-corrected chi connectivity index (χ2v) is 4.93. The summed E-state index contributed by atoms with van der Waals surface area (Å²) in [4.78, 5) is 12.4. The summed E-state index contributed by atoms with van der Waals surface area (Å²) in [5, 5.41) is 0. The normalized spacial score (nSPS) is 24.4. The molecule has 0 amide bonds. The minimum Gasteiger partial charge on any atom is -0.490 e. The molecule has 0 spiro atoms. The fraction of sp³-hybridized carbons (Fsp3) is 0.769. The Morgan fingerprint density at radius 2 is 2.06 bits per heavy atom. The van der Waals surface area contributed by atoms with Crippen molar-refractivity contribution < 1.29 is 9.53 Å². The highest BCUT2D eigenvalue weighted by atomic mass is 16.5. The second-order valence-electron chi connectivity index (χ2n) is 4.93. The van der Waals surface area contributed by atoms with Crippen LogP contribution in [0.25, 0.3) is 0 Å². The summed E-state index contributed by atoms with van der Waals surface area (Å²) in [7, 11) is 0. The van der Waals surface area contributed by atoms with Crippen LogP contribution in [0.15, 0.2) is 11.8 Å².